The Kier molecular flexibility index (Phi) is 8.24. The fourth-order valence-electron chi connectivity index (χ4n) is 4.76. The maximum absolute atomic E-state index is 14.1. The summed E-state index contributed by atoms with van der Waals surface area (Å²) in [5, 5.41) is 13.7. The number of nitrogens with two attached hydrogens (primary N) is 1. The summed E-state index contributed by atoms with van der Waals surface area (Å²) < 4.78 is 28.2. The molecular formula is C32H27ClF2N4S. The van der Waals surface area contributed by atoms with E-state index in [1.807, 2.05) is 47.9 Å². The molecule has 0 unspecified atom stereocenters. The van der Waals surface area contributed by atoms with E-state index in [0.29, 0.717) is 16.3 Å². The topological polar surface area (TPSA) is 74.8 Å². The summed E-state index contributed by atoms with van der Waals surface area (Å²) in [7, 11) is 0. The predicted molar refractivity (Wildman–Crippen MR) is 164 cm³/mol. The molecule has 1 fully saturated rings. The van der Waals surface area contributed by atoms with Gasteiger partial charge in [0.15, 0.2) is 5.13 Å². The summed E-state index contributed by atoms with van der Waals surface area (Å²) in [5.41, 5.74) is 12.0. The highest BCUT2D eigenvalue weighted by molar-refractivity contribution is 7.13. The maximum Gasteiger partial charge on any atom is 0.214 e. The Morgan fingerprint density at radius 2 is 1.82 bits per heavy atom. The number of aromatic nitrogens is 1. The van der Waals surface area contributed by atoms with Gasteiger partial charge in [0.2, 0.25) is 5.97 Å². The van der Waals surface area contributed by atoms with Crippen molar-refractivity contribution in [1.82, 2.24) is 4.98 Å². The Balaban J connectivity index is 1.61. The summed E-state index contributed by atoms with van der Waals surface area (Å²) >= 11 is 8.10. The molecule has 4 nitrogen and oxygen atoms in total. The second-order valence-electron chi connectivity index (χ2n) is 9.60. The zero-order valence-corrected chi connectivity index (χ0v) is 23.1. The molecule has 0 spiro atoms. The molecular weight excluding hydrogens is 546 g/mol. The summed E-state index contributed by atoms with van der Waals surface area (Å²) in [6.45, 7) is 4.03. The van der Waals surface area contributed by atoms with Gasteiger partial charge in [0.1, 0.15) is 5.82 Å². The van der Waals surface area contributed by atoms with E-state index in [1.165, 1.54) is 23.5 Å². The molecule has 0 amide bonds. The second kappa shape index (κ2) is 12.0. The lowest BCUT2D eigenvalue weighted by atomic mass is 9.73. The number of nitrogen functional groups attached to an aromatic ring is 1. The van der Waals surface area contributed by atoms with Crippen LogP contribution in [0.3, 0.4) is 0 Å². The Hall–Kier alpha value is -4.07. The molecule has 0 radical (unpaired) electrons. The molecule has 0 saturated heterocycles. The molecule has 5 rings (SSSR count). The second-order valence-corrected chi connectivity index (χ2v) is 10.9. The molecule has 0 bridgehead atoms. The molecule has 4 aromatic rings. The lowest BCUT2D eigenvalue weighted by Crippen LogP contribution is -2.15. The van der Waals surface area contributed by atoms with Gasteiger partial charge in [0.25, 0.3) is 0 Å². The zero-order chi connectivity index (χ0) is 28.2. The minimum absolute atomic E-state index is 0.0268. The molecule has 1 aliphatic rings. The van der Waals surface area contributed by atoms with E-state index >= 15 is 0 Å². The van der Waals surface area contributed by atoms with Crippen molar-refractivity contribution in [3.05, 3.63) is 129 Å². The van der Waals surface area contributed by atoms with Crippen LogP contribution in [-0.4, -0.2) is 10.9 Å². The van der Waals surface area contributed by atoms with Crippen LogP contribution in [0.4, 0.5) is 19.6 Å². The Bertz CT molecular complexity index is 1620. The standard InChI is InChI=1S/C32H27ClF2N4S/c1-19(39-32-38-15-16-40-32)5-6-20-7-9-22(10-8-20)29(23-11-14-28(36)26(17-23)31(35)37)30(21-3-2-4-21)25-13-12-24(34)18-27(25)33/h5-18,21,37H,1-4,36H2,(H,38,39)/b6-5+,30-29+,37-31?. The van der Waals surface area contributed by atoms with Gasteiger partial charge in [-0.3, -0.25) is 5.41 Å². The Labute approximate surface area is 241 Å². The van der Waals surface area contributed by atoms with Crippen molar-refractivity contribution in [2.45, 2.75) is 19.3 Å². The van der Waals surface area contributed by atoms with Gasteiger partial charge < -0.3 is 11.1 Å². The quantitative estimate of drug-likeness (QED) is 0.0809. The van der Waals surface area contributed by atoms with Crippen LogP contribution in [0.25, 0.3) is 17.2 Å². The molecule has 0 atom stereocenters. The average molecular weight is 573 g/mol. The highest BCUT2D eigenvalue weighted by atomic mass is 35.5. The van der Waals surface area contributed by atoms with E-state index in [1.54, 1.807) is 24.4 Å². The highest BCUT2D eigenvalue weighted by Gasteiger charge is 2.29. The van der Waals surface area contributed by atoms with Crippen molar-refractivity contribution in [3.8, 4) is 0 Å². The zero-order valence-electron chi connectivity index (χ0n) is 21.6. The first kappa shape index (κ1) is 27.5. The summed E-state index contributed by atoms with van der Waals surface area (Å²) in [6.07, 6.45) is 8.55. The maximum atomic E-state index is 14.1. The molecule has 1 aliphatic carbocycles. The molecule has 0 aliphatic heterocycles. The number of allylic oxidation sites excluding steroid dienone is 2. The fraction of sp³-hybridized carbons (Fsp3) is 0.125. The van der Waals surface area contributed by atoms with Crippen LogP contribution in [0, 0.1) is 17.1 Å². The lowest BCUT2D eigenvalue weighted by molar-refractivity contribution is 0.401. The minimum atomic E-state index is -1.10. The third-order valence-corrected chi connectivity index (χ3v) is 7.96. The molecule has 4 N–H and O–H groups in total. The summed E-state index contributed by atoms with van der Waals surface area (Å²) in [5.74, 6) is -1.31. The number of rotatable bonds is 9. The SMILES string of the molecule is C=C(/C=C/c1ccc(/C(=C(\c2ccc(F)cc2Cl)C2CCC2)c2ccc(N)c(C(=N)F)c2)cc1)Nc1nccs1. The molecule has 1 heterocycles. The van der Waals surface area contributed by atoms with Crippen molar-refractivity contribution in [2.24, 2.45) is 5.92 Å². The van der Waals surface area contributed by atoms with E-state index in [0.717, 1.165) is 52.2 Å². The van der Waals surface area contributed by atoms with E-state index in [9.17, 15) is 8.78 Å². The number of hydrogen-bond acceptors (Lipinski definition) is 5. The molecule has 8 heteroatoms. The third-order valence-electron chi connectivity index (χ3n) is 6.96. The first-order chi connectivity index (χ1) is 19.3. The summed E-state index contributed by atoms with van der Waals surface area (Å²) in [6, 6.07) is 17.5. The van der Waals surface area contributed by atoms with Crippen LogP contribution >= 0.6 is 22.9 Å². The van der Waals surface area contributed by atoms with Crippen LogP contribution in [0.2, 0.25) is 5.02 Å². The van der Waals surface area contributed by atoms with Gasteiger partial charge >= 0.3 is 0 Å². The highest BCUT2D eigenvalue weighted by Crippen LogP contribution is 2.47. The van der Waals surface area contributed by atoms with Crippen molar-refractivity contribution in [3.63, 3.8) is 0 Å². The number of anilines is 2. The lowest BCUT2D eigenvalue weighted by Gasteiger charge is -2.32. The number of hydrogen-bond donors (Lipinski definition) is 3. The third kappa shape index (κ3) is 6.06. The van der Waals surface area contributed by atoms with Crippen molar-refractivity contribution >= 4 is 56.9 Å². The monoisotopic (exact) mass is 572 g/mol. The van der Waals surface area contributed by atoms with E-state index in [2.05, 4.69) is 16.9 Å². The molecule has 1 aromatic heterocycles. The van der Waals surface area contributed by atoms with E-state index in [4.69, 9.17) is 22.7 Å². The van der Waals surface area contributed by atoms with Gasteiger partial charge in [-0.2, -0.15) is 4.39 Å². The molecule has 202 valence electrons. The number of thiazole rings is 1. The van der Waals surface area contributed by atoms with Gasteiger partial charge in [-0.1, -0.05) is 67.1 Å². The van der Waals surface area contributed by atoms with Crippen LogP contribution in [0.15, 0.2) is 90.6 Å². The first-order valence-corrected chi connectivity index (χ1v) is 14.0. The molecule has 3 aromatic carbocycles. The van der Waals surface area contributed by atoms with E-state index < -0.39 is 11.8 Å². The van der Waals surface area contributed by atoms with Crippen LogP contribution < -0.4 is 11.1 Å². The van der Waals surface area contributed by atoms with Crippen LogP contribution in [-0.2, 0) is 0 Å². The Morgan fingerprint density at radius 3 is 2.45 bits per heavy atom. The molecule has 40 heavy (non-hydrogen) atoms. The van der Waals surface area contributed by atoms with Gasteiger partial charge in [-0.15, -0.1) is 11.3 Å². The summed E-state index contributed by atoms with van der Waals surface area (Å²) in [4.78, 5) is 4.20. The number of nitrogens with zero attached hydrogens (tertiary/aromatic N) is 1. The number of halogens is 3. The van der Waals surface area contributed by atoms with Gasteiger partial charge in [0.05, 0.1) is 10.6 Å². The predicted octanol–water partition coefficient (Wildman–Crippen LogP) is 9.21. The fourth-order valence-corrected chi connectivity index (χ4v) is 5.60. The van der Waals surface area contributed by atoms with Crippen molar-refractivity contribution < 1.29 is 8.78 Å². The minimum Gasteiger partial charge on any atom is -0.398 e. The van der Waals surface area contributed by atoms with Crippen molar-refractivity contribution in [2.75, 3.05) is 11.1 Å². The first-order valence-electron chi connectivity index (χ1n) is 12.8. The largest absolute Gasteiger partial charge is 0.398 e. The molecule has 1 saturated carbocycles. The Morgan fingerprint density at radius 1 is 1.07 bits per heavy atom. The van der Waals surface area contributed by atoms with Crippen molar-refractivity contribution in [1.29, 1.82) is 5.41 Å². The van der Waals surface area contributed by atoms with Crippen LogP contribution in [0.5, 0.6) is 0 Å². The normalized spacial score (nSPS) is 14.1. The van der Waals surface area contributed by atoms with Gasteiger partial charge in [-0.05, 0) is 82.5 Å². The van der Waals surface area contributed by atoms with Gasteiger partial charge in [-0.25, -0.2) is 9.37 Å². The number of nitrogens with one attached hydrogen (secondary N) is 2. The van der Waals surface area contributed by atoms with Gasteiger partial charge in [0, 0.05) is 23.0 Å². The number of benzene rings is 3. The smallest absolute Gasteiger partial charge is 0.214 e. The average Bonchev–Trinajstić information content (AvgIpc) is 3.40. The van der Waals surface area contributed by atoms with E-state index in [-0.39, 0.29) is 17.2 Å². The van der Waals surface area contributed by atoms with Crippen LogP contribution in [0.1, 0.15) is 47.1 Å².